The smallest absolute Gasteiger partial charge is 0.399 e. The van der Waals surface area contributed by atoms with Crippen LogP contribution in [0.5, 0.6) is 0 Å². The quantitative estimate of drug-likeness (QED) is 0.100. The molecular weight excluding hydrogens is 1550 g/mol. The van der Waals surface area contributed by atoms with E-state index >= 15 is 0 Å². The van der Waals surface area contributed by atoms with Gasteiger partial charge in [0.15, 0.2) is 0 Å². The van der Waals surface area contributed by atoms with Crippen molar-refractivity contribution in [1.82, 2.24) is 24.9 Å². The van der Waals surface area contributed by atoms with Gasteiger partial charge in [0.2, 0.25) is 0 Å². The van der Waals surface area contributed by atoms with E-state index in [-0.39, 0.29) is 18.3 Å². The molecule has 0 spiro atoms. The summed E-state index contributed by atoms with van der Waals surface area (Å²) in [5, 5.41) is 2.05. The zero-order chi connectivity index (χ0) is 76.8. The van der Waals surface area contributed by atoms with Gasteiger partial charge >= 0.3 is 7.12 Å². The molecule has 0 N–H and O–H groups in total. The number of benzene rings is 13. The molecular formula is C101H74BBr2N5O2S2. The van der Waals surface area contributed by atoms with Gasteiger partial charge in [-0.2, -0.15) is 0 Å². The highest BCUT2D eigenvalue weighted by molar-refractivity contribution is 9.11. The third kappa shape index (κ3) is 15.9. The molecule has 1 aliphatic rings. The second-order valence-electron chi connectivity index (χ2n) is 28.7. The number of hydrogen-bond donors (Lipinski definition) is 0. The summed E-state index contributed by atoms with van der Waals surface area (Å²) < 4.78 is 16.9. The zero-order valence-electron chi connectivity index (χ0n) is 62.5. The molecule has 18 aromatic rings. The summed E-state index contributed by atoms with van der Waals surface area (Å²) in [7, 11) is -0.365. The molecule has 1 aliphatic heterocycles. The molecule has 13 aromatic carbocycles. The van der Waals surface area contributed by atoms with Crippen LogP contribution in [-0.4, -0.2) is 43.2 Å². The Hall–Kier alpha value is -12.0. The molecule has 113 heavy (non-hydrogen) atoms. The number of hydrogen-bond acceptors (Lipinski definition) is 9. The van der Waals surface area contributed by atoms with Crippen molar-refractivity contribution in [3.8, 4) is 144 Å². The molecule has 12 heteroatoms. The Morgan fingerprint density at radius 2 is 0.513 bits per heavy atom. The Bertz CT molecular complexity index is 6080. The fourth-order valence-electron chi connectivity index (χ4n) is 14.1. The average Bonchev–Trinajstić information content (AvgIpc) is 1.66. The predicted octanol–water partition coefficient (Wildman–Crippen LogP) is 28.0. The van der Waals surface area contributed by atoms with Crippen molar-refractivity contribution in [1.29, 1.82) is 0 Å². The normalized spacial score (nSPS) is 12.7. The summed E-state index contributed by atoms with van der Waals surface area (Å²) in [6, 6.07) is 131. The van der Waals surface area contributed by atoms with Crippen molar-refractivity contribution in [2.45, 2.75) is 38.9 Å². The molecule has 0 atom stereocenters. The number of thiazole rings is 2. The highest BCUT2D eigenvalue weighted by Gasteiger charge is 2.51. The first-order valence-corrected chi connectivity index (χ1v) is 40.9. The Balaban J connectivity index is 0.000000152. The van der Waals surface area contributed by atoms with Crippen LogP contribution in [0, 0.1) is 0 Å². The number of halogens is 2. The Morgan fingerprint density at radius 3 is 0.867 bits per heavy atom. The summed E-state index contributed by atoms with van der Waals surface area (Å²) in [5.74, 6) is 0. The summed E-state index contributed by atoms with van der Waals surface area (Å²) in [6.45, 7) is 8.31. The molecule has 544 valence electrons. The number of fused-ring (bicyclic) bond motifs is 2. The van der Waals surface area contributed by atoms with E-state index in [1.54, 1.807) is 22.7 Å². The lowest BCUT2D eigenvalue weighted by Crippen LogP contribution is -2.41. The molecule has 7 nitrogen and oxygen atoms in total. The Morgan fingerprint density at radius 1 is 0.239 bits per heavy atom. The second kappa shape index (κ2) is 32.8. The fourth-order valence-corrected chi connectivity index (χ4v) is 17.4. The third-order valence-electron chi connectivity index (χ3n) is 20.8. The highest BCUT2D eigenvalue weighted by Crippen LogP contribution is 2.46. The first kappa shape index (κ1) is 73.8. The maximum atomic E-state index is 6.22. The molecule has 0 aliphatic carbocycles. The van der Waals surface area contributed by atoms with E-state index in [1.807, 2.05) is 78.9 Å². The molecule has 0 amide bonds. The van der Waals surface area contributed by atoms with E-state index in [0.29, 0.717) is 0 Å². The molecule has 1 fully saturated rings. The zero-order valence-corrected chi connectivity index (χ0v) is 67.3. The van der Waals surface area contributed by atoms with E-state index < -0.39 is 0 Å². The van der Waals surface area contributed by atoms with E-state index in [4.69, 9.17) is 29.2 Å². The van der Waals surface area contributed by atoms with Crippen molar-refractivity contribution in [2.75, 3.05) is 0 Å². The van der Waals surface area contributed by atoms with Crippen LogP contribution < -0.4 is 5.46 Å². The van der Waals surface area contributed by atoms with E-state index in [9.17, 15) is 0 Å². The van der Waals surface area contributed by atoms with E-state index in [1.165, 1.54) is 4.70 Å². The van der Waals surface area contributed by atoms with Crippen LogP contribution >= 0.6 is 54.5 Å². The van der Waals surface area contributed by atoms with Gasteiger partial charge in [0.05, 0.1) is 65.8 Å². The average molecular weight is 1620 g/mol. The monoisotopic (exact) mass is 1620 g/mol. The lowest BCUT2D eigenvalue weighted by Gasteiger charge is -2.32. The maximum absolute atomic E-state index is 6.22. The molecule has 0 bridgehead atoms. The minimum absolute atomic E-state index is 0.353. The highest BCUT2D eigenvalue weighted by atomic mass is 79.9. The van der Waals surface area contributed by atoms with Crippen LogP contribution in [0.2, 0.25) is 0 Å². The van der Waals surface area contributed by atoms with E-state index in [0.717, 1.165) is 174 Å². The third-order valence-corrected chi connectivity index (χ3v) is 24.7. The molecule has 6 heterocycles. The summed E-state index contributed by atoms with van der Waals surface area (Å²) >= 11 is 10.6. The van der Waals surface area contributed by atoms with Crippen LogP contribution in [0.1, 0.15) is 27.7 Å². The van der Waals surface area contributed by atoms with Gasteiger partial charge < -0.3 is 9.31 Å². The van der Waals surface area contributed by atoms with Crippen LogP contribution in [0.25, 0.3) is 165 Å². The molecule has 1 saturated heterocycles. The standard InChI is InChI=1S/C59H39N3S.C29H28BNO2.C13H7Br2NS/c1-6-16-44(17-7-1)53-38-36-49(55(60-53)46-20-10-3-11-21-46)40-26-28-42(29-27-40)51-34-35-52(58-57(51)62-59(63-58)48-24-14-5-15-25-48)43-32-30-41(31-33-43)50-37-39-54(45-18-8-2-9-19-45)61-56(50)47-22-12-4-13-23-47;1-28(2)29(3,4)33-30(32-28)24-17-15-21(16-18-24)25-19-20-26(22-11-7-5-8-12-22)31-27(25)23-13-9-6-10-14-23;14-9-6-7-10(15)12-11(9)16-13(17-12)8-4-2-1-3-5-8/h1-39H;5-20H,1-4H3;1-7H. The van der Waals surface area contributed by atoms with Gasteiger partial charge in [-0.15, -0.1) is 22.7 Å². The number of pyridine rings is 3. The van der Waals surface area contributed by atoms with Crippen LogP contribution in [0.4, 0.5) is 0 Å². The first-order chi connectivity index (χ1) is 55.3. The van der Waals surface area contributed by atoms with Crippen LogP contribution in [0.3, 0.4) is 0 Å². The van der Waals surface area contributed by atoms with Gasteiger partial charge in [0, 0.05) is 81.3 Å². The molecule has 0 unspecified atom stereocenters. The van der Waals surface area contributed by atoms with Crippen molar-refractivity contribution in [3.63, 3.8) is 0 Å². The largest absolute Gasteiger partial charge is 0.494 e. The minimum Gasteiger partial charge on any atom is -0.399 e. The fraction of sp³-hybridized carbons (Fsp3) is 0.0594. The van der Waals surface area contributed by atoms with Gasteiger partial charge in [-0.25, -0.2) is 24.9 Å². The van der Waals surface area contributed by atoms with Gasteiger partial charge in [-0.05, 0) is 123 Å². The predicted molar refractivity (Wildman–Crippen MR) is 481 cm³/mol. The topological polar surface area (TPSA) is 82.9 Å². The lowest BCUT2D eigenvalue weighted by atomic mass is 9.78. The first-order valence-electron chi connectivity index (χ1n) is 37.7. The van der Waals surface area contributed by atoms with Gasteiger partial charge in [0.25, 0.3) is 0 Å². The number of aromatic nitrogens is 5. The summed E-state index contributed by atoms with van der Waals surface area (Å²) in [5.41, 5.74) is 28.1. The summed E-state index contributed by atoms with van der Waals surface area (Å²) in [6.07, 6.45) is 0. The molecule has 0 saturated carbocycles. The van der Waals surface area contributed by atoms with Gasteiger partial charge in [-0.1, -0.05) is 346 Å². The minimum atomic E-state index is -0.365. The number of nitrogens with zero attached hydrogens (tertiary/aromatic N) is 5. The van der Waals surface area contributed by atoms with Crippen molar-refractivity contribution in [2.24, 2.45) is 0 Å². The SMILES string of the molecule is Brc1ccc(Br)c2sc(-c3ccccc3)nc12.CC1(C)OB(c2ccc(-c3ccc(-c4ccccc4)nc3-c3ccccc3)cc2)OC1(C)C.c1ccc(-c2ccc(-c3ccc(-c4ccc(-c5ccc(-c6ccc(-c7ccccc7)nc6-c6ccccc6)cc5)c5sc(-c6ccccc6)nc45)cc3)c(-c3ccccc3)n2)cc1. The van der Waals surface area contributed by atoms with Crippen molar-refractivity contribution in [3.05, 3.63) is 385 Å². The van der Waals surface area contributed by atoms with Crippen LogP contribution in [0.15, 0.2) is 385 Å². The number of rotatable bonds is 14. The Labute approximate surface area is 684 Å². The van der Waals surface area contributed by atoms with Gasteiger partial charge in [0.1, 0.15) is 10.0 Å². The molecule has 19 rings (SSSR count). The van der Waals surface area contributed by atoms with Crippen LogP contribution in [-0.2, 0) is 9.31 Å². The molecule has 5 aromatic heterocycles. The summed E-state index contributed by atoms with van der Waals surface area (Å²) in [4.78, 5) is 25.6. The van der Waals surface area contributed by atoms with E-state index in [2.05, 4.69) is 362 Å². The van der Waals surface area contributed by atoms with Crippen molar-refractivity contribution >= 4 is 87.5 Å². The Kier molecular flexibility index (Phi) is 21.4. The maximum Gasteiger partial charge on any atom is 0.494 e. The second-order valence-corrected chi connectivity index (χ2v) is 32.4. The molecule has 0 radical (unpaired) electrons. The van der Waals surface area contributed by atoms with Gasteiger partial charge in [-0.3, -0.25) is 0 Å². The van der Waals surface area contributed by atoms with Crippen molar-refractivity contribution < 1.29 is 9.31 Å². The lowest BCUT2D eigenvalue weighted by molar-refractivity contribution is 0.00578.